The molecule has 0 spiro atoms. The van der Waals surface area contributed by atoms with Crippen LogP contribution in [-0.2, 0) is 23.6 Å². The summed E-state index contributed by atoms with van der Waals surface area (Å²) < 4.78 is 27.8. The Balaban J connectivity index is 2.21. The van der Waals surface area contributed by atoms with Gasteiger partial charge in [0.15, 0.2) is 10.8 Å². The molecule has 2 aromatic rings. The third kappa shape index (κ3) is 3.34. The summed E-state index contributed by atoms with van der Waals surface area (Å²) >= 11 is 0.786. The van der Waals surface area contributed by atoms with Gasteiger partial charge in [-0.25, -0.2) is 18.1 Å². The summed E-state index contributed by atoms with van der Waals surface area (Å²) in [5, 5.41) is 17.6. The highest BCUT2D eigenvalue weighted by atomic mass is 32.2. The molecule has 0 saturated carbocycles. The normalized spacial score (nSPS) is 11.5. The fraction of sp³-hybridized carbons (Fsp3) is 0.333. The molecular weight excluding hydrogens is 320 g/mol. The predicted molar refractivity (Wildman–Crippen MR) is 75.5 cm³/mol. The zero-order valence-corrected chi connectivity index (χ0v) is 12.7. The standard InChI is InChI=1S/C9H12N6O4S2/c1-10-9-6(15(16)17)3-8(20-9)21(18,19)12-4-7-11-5-14(2)13-7/h3,5,10,12H,4H2,1-2H3. The van der Waals surface area contributed by atoms with Gasteiger partial charge in [0.25, 0.3) is 10.0 Å². The fourth-order valence-corrected chi connectivity index (χ4v) is 3.81. The lowest BCUT2D eigenvalue weighted by Gasteiger charge is -2.01. The smallest absolute Gasteiger partial charge is 0.304 e. The molecule has 0 unspecified atom stereocenters. The summed E-state index contributed by atoms with van der Waals surface area (Å²) in [5.74, 6) is 0.306. The van der Waals surface area contributed by atoms with Crippen LogP contribution in [0.3, 0.4) is 0 Å². The van der Waals surface area contributed by atoms with Crippen LogP contribution >= 0.6 is 11.3 Å². The van der Waals surface area contributed by atoms with E-state index in [1.54, 1.807) is 7.05 Å². The number of hydrogen-bond acceptors (Lipinski definition) is 8. The van der Waals surface area contributed by atoms with Crippen molar-refractivity contribution in [3.63, 3.8) is 0 Å². The van der Waals surface area contributed by atoms with Gasteiger partial charge in [-0.05, 0) is 0 Å². The number of hydrogen-bond donors (Lipinski definition) is 2. The van der Waals surface area contributed by atoms with Gasteiger partial charge < -0.3 is 5.32 Å². The topological polar surface area (TPSA) is 132 Å². The largest absolute Gasteiger partial charge is 0.374 e. The highest BCUT2D eigenvalue weighted by molar-refractivity contribution is 7.91. The minimum absolute atomic E-state index is 0.0935. The van der Waals surface area contributed by atoms with E-state index in [1.165, 1.54) is 18.1 Å². The minimum Gasteiger partial charge on any atom is -0.374 e. The number of aryl methyl sites for hydroxylation is 1. The van der Waals surface area contributed by atoms with E-state index in [0.29, 0.717) is 5.82 Å². The lowest BCUT2D eigenvalue weighted by Crippen LogP contribution is -2.23. The maximum Gasteiger partial charge on any atom is 0.304 e. The van der Waals surface area contributed by atoms with Crippen LogP contribution < -0.4 is 10.0 Å². The molecule has 0 aliphatic carbocycles. The zero-order valence-electron chi connectivity index (χ0n) is 11.1. The molecule has 10 nitrogen and oxygen atoms in total. The molecule has 2 aromatic heterocycles. The van der Waals surface area contributed by atoms with Crippen LogP contribution in [0.4, 0.5) is 10.7 Å². The fourth-order valence-electron chi connectivity index (χ4n) is 1.50. The quantitative estimate of drug-likeness (QED) is 0.574. The molecule has 2 rings (SSSR count). The van der Waals surface area contributed by atoms with Crippen molar-refractivity contribution in [1.29, 1.82) is 0 Å². The van der Waals surface area contributed by atoms with Crippen molar-refractivity contribution in [2.24, 2.45) is 7.05 Å². The number of nitrogens with one attached hydrogen (secondary N) is 2. The molecular formula is C9H12N6O4S2. The van der Waals surface area contributed by atoms with Crippen LogP contribution in [0.5, 0.6) is 0 Å². The third-order valence-electron chi connectivity index (χ3n) is 2.45. The van der Waals surface area contributed by atoms with Gasteiger partial charge in [-0.2, -0.15) is 5.10 Å². The van der Waals surface area contributed by atoms with Crippen molar-refractivity contribution in [1.82, 2.24) is 19.5 Å². The van der Waals surface area contributed by atoms with E-state index in [2.05, 4.69) is 20.1 Å². The van der Waals surface area contributed by atoms with Crippen LogP contribution in [-0.4, -0.2) is 35.2 Å². The molecule has 0 fully saturated rings. The van der Waals surface area contributed by atoms with Gasteiger partial charge in [0.1, 0.15) is 10.5 Å². The van der Waals surface area contributed by atoms with Crippen LogP contribution in [0.15, 0.2) is 16.6 Å². The van der Waals surface area contributed by atoms with E-state index in [-0.39, 0.29) is 21.4 Å². The van der Waals surface area contributed by atoms with E-state index >= 15 is 0 Å². The average Bonchev–Trinajstić information content (AvgIpc) is 3.02. The monoisotopic (exact) mass is 332 g/mol. The van der Waals surface area contributed by atoms with Crippen molar-refractivity contribution in [3.05, 3.63) is 28.3 Å². The van der Waals surface area contributed by atoms with E-state index in [9.17, 15) is 18.5 Å². The Bertz CT molecular complexity index is 765. The van der Waals surface area contributed by atoms with E-state index in [0.717, 1.165) is 17.4 Å². The van der Waals surface area contributed by atoms with Gasteiger partial charge in [0.05, 0.1) is 11.5 Å². The van der Waals surface area contributed by atoms with Crippen molar-refractivity contribution in [2.45, 2.75) is 10.8 Å². The molecule has 0 amide bonds. The number of thiophene rings is 1. The first kappa shape index (κ1) is 15.3. The summed E-state index contributed by atoms with van der Waals surface area (Å²) in [5.41, 5.74) is -0.279. The first-order chi connectivity index (χ1) is 9.83. The molecule has 0 atom stereocenters. The second-order valence-corrected chi connectivity index (χ2v) is 6.99. The van der Waals surface area contributed by atoms with Crippen molar-refractivity contribution < 1.29 is 13.3 Å². The van der Waals surface area contributed by atoms with Crippen molar-refractivity contribution in [3.8, 4) is 0 Å². The summed E-state index contributed by atoms with van der Waals surface area (Å²) in [4.78, 5) is 14.1. The zero-order chi connectivity index (χ0) is 15.6. The molecule has 114 valence electrons. The molecule has 2 N–H and O–H groups in total. The van der Waals surface area contributed by atoms with Gasteiger partial charge in [0.2, 0.25) is 0 Å². The highest BCUT2D eigenvalue weighted by Crippen LogP contribution is 2.36. The number of anilines is 1. The Morgan fingerprint density at radius 3 is 2.71 bits per heavy atom. The van der Waals surface area contributed by atoms with Gasteiger partial charge >= 0.3 is 5.69 Å². The van der Waals surface area contributed by atoms with Gasteiger partial charge in [-0.15, -0.1) is 0 Å². The average molecular weight is 332 g/mol. The molecule has 0 aliphatic heterocycles. The Hall–Kier alpha value is -2.05. The molecule has 0 aromatic carbocycles. The van der Waals surface area contributed by atoms with E-state index in [4.69, 9.17) is 0 Å². The first-order valence-corrected chi connectivity index (χ1v) is 7.93. The van der Waals surface area contributed by atoms with Gasteiger partial charge in [-0.1, -0.05) is 11.3 Å². The van der Waals surface area contributed by atoms with Crippen LogP contribution in [0, 0.1) is 10.1 Å². The lowest BCUT2D eigenvalue weighted by atomic mass is 10.5. The molecule has 0 bridgehead atoms. The second kappa shape index (κ2) is 5.75. The van der Waals surface area contributed by atoms with Crippen molar-refractivity contribution in [2.75, 3.05) is 12.4 Å². The number of nitro groups is 1. The highest BCUT2D eigenvalue weighted by Gasteiger charge is 2.25. The molecule has 0 aliphatic rings. The Morgan fingerprint density at radius 1 is 1.52 bits per heavy atom. The summed E-state index contributed by atoms with van der Waals surface area (Å²) in [6.45, 7) is -0.0935. The van der Waals surface area contributed by atoms with Crippen molar-refractivity contribution >= 4 is 32.0 Å². The molecule has 21 heavy (non-hydrogen) atoms. The number of aromatic nitrogens is 3. The number of rotatable bonds is 6. The Kier molecular flexibility index (Phi) is 4.20. The minimum atomic E-state index is -3.86. The molecule has 0 radical (unpaired) electrons. The lowest BCUT2D eigenvalue weighted by molar-refractivity contribution is -0.383. The predicted octanol–water partition coefficient (Wildman–Crippen LogP) is 0.305. The van der Waals surface area contributed by atoms with Crippen LogP contribution in [0.1, 0.15) is 5.82 Å². The van der Waals surface area contributed by atoms with E-state index < -0.39 is 14.9 Å². The number of nitrogens with zero attached hydrogens (tertiary/aromatic N) is 4. The molecule has 12 heteroatoms. The van der Waals surface area contributed by atoms with Crippen LogP contribution in [0.25, 0.3) is 0 Å². The van der Waals surface area contributed by atoms with Gasteiger partial charge in [0, 0.05) is 20.2 Å². The van der Waals surface area contributed by atoms with Gasteiger partial charge in [-0.3, -0.25) is 14.8 Å². The Labute approximate surface area is 124 Å². The summed E-state index contributed by atoms with van der Waals surface area (Å²) in [7, 11) is -0.714. The summed E-state index contributed by atoms with van der Waals surface area (Å²) in [6, 6.07) is 1.02. The SMILES string of the molecule is CNc1sc(S(=O)(=O)NCc2ncn(C)n2)cc1[N+](=O)[O-]. The molecule has 0 saturated heterocycles. The molecule has 2 heterocycles. The maximum atomic E-state index is 12.1. The maximum absolute atomic E-state index is 12.1. The van der Waals surface area contributed by atoms with Crippen LogP contribution in [0.2, 0.25) is 0 Å². The first-order valence-electron chi connectivity index (χ1n) is 5.63. The summed E-state index contributed by atoms with van der Waals surface area (Å²) in [6.07, 6.45) is 1.44. The Morgan fingerprint density at radius 2 is 2.24 bits per heavy atom. The third-order valence-corrected chi connectivity index (χ3v) is 5.46. The second-order valence-electron chi connectivity index (χ2n) is 3.95. The van der Waals surface area contributed by atoms with E-state index in [1.807, 2.05) is 0 Å². The number of sulfonamides is 1.